The molecule has 5 nitrogen and oxygen atoms in total. The standard InChI is InChI=1S/C23H25NO4S/c1-4-14-28-20-9-7-8-19(16-20)24-22(25)23(12-5-6-13-23)29(26,27)21-15-17(2)10-11-18(21)3/h1,7-11,15-16H,5-6,12-14H2,2-3H3,(H,24,25). The fourth-order valence-electron chi connectivity index (χ4n) is 3.80. The number of ether oxygens (including phenoxy) is 1. The molecule has 2 aromatic carbocycles. The SMILES string of the molecule is C#CCOc1cccc(NC(=O)C2(S(=O)(=O)c3cc(C)ccc3C)CCCC2)c1. The predicted octanol–water partition coefficient (Wildman–Crippen LogP) is 4.04. The van der Waals surface area contributed by atoms with Crippen molar-refractivity contribution >= 4 is 21.4 Å². The molecule has 0 heterocycles. The molecular weight excluding hydrogens is 386 g/mol. The van der Waals surface area contributed by atoms with Crippen molar-refractivity contribution in [2.75, 3.05) is 11.9 Å². The maximum atomic E-state index is 13.7. The van der Waals surface area contributed by atoms with Crippen LogP contribution in [0.3, 0.4) is 0 Å². The van der Waals surface area contributed by atoms with Crippen LogP contribution >= 0.6 is 0 Å². The lowest BCUT2D eigenvalue weighted by Gasteiger charge is -2.28. The van der Waals surface area contributed by atoms with Gasteiger partial charge in [-0.05, 0) is 56.0 Å². The van der Waals surface area contributed by atoms with Gasteiger partial charge in [0.2, 0.25) is 5.91 Å². The lowest BCUT2D eigenvalue weighted by molar-refractivity contribution is -0.118. The molecule has 0 radical (unpaired) electrons. The smallest absolute Gasteiger partial charge is 0.246 e. The minimum Gasteiger partial charge on any atom is -0.481 e. The van der Waals surface area contributed by atoms with Crippen LogP contribution < -0.4 is 10.1 Å². The Balaban J connectivity index is 1.96. The molecule has 1 saturated carbocycles. The van der Waals surface area contributed by atoms with Gasteiger partial charge in [0.05, 0.1) is 4.90 Å². The van der Waals surface area contributed by atoms with E-state index >= 15 is 0 Å². The Bertz CT molecular complexity index is 1060. The number of hydrogen-bond donors (Lipinski definition) is 1. The maximum absolute atomic E-state index is 13.7. The molecule has 0 aliphatic heterocycles. The normalized spacial score (nSPS) is 15.5. The first kappa shape index (κ1) is 20.9. The van der Waals surface area contributed by atoms with Crippen molar-refractivity contribution in [1.29, 1.82) is 0 Å². The summed E-state index contributed by atoms with van der Waals surface area (Å²) in [5.74, 6) is 2.40. The third-order valence-electron chi connectivity index (χ3n) is 5.39. The van der Waals surface area contributed by atoms with Gasteiger partial charge in [0.25, 0.3) is 0 Å². The van der Waals surface area contributed by atoms with Crippen LogP contribution in [-0.4, -0.2) is 25.7 Å². The molecule has 0 unspecified atom stereocenters. The van der Waals surface area contributed by atoms with Crippen molar-refractivity contribution in [2.45, 2.75) is 49.2 Å². The number of benzene rings is 2. The number of amides is 1. The predicted molar refractivity (Wildman–Crippen MR) is 114 cm³/mol. The van der Waals surface area contributed by atoms with Crippen LogP contribution in [0.5, 0.6) is 5.75 Å². The van der Waals surface area contributed by atoms with E-state index < -0.39 is 20.5 Å². The summed E-state index contributed by atoms with van der Waals surface area (Å²) in [6, 6.07) is 12.1. The molecule has 152 valence electrons. The first-order valence-electron chi connectivity index (χ1n) is 9.60. The molecule has 2 aromatic rings. The zero-order valence-corrected chi connectivity index (χ0v) is 17.5. The number of aryl methyl sites for hydroxylation is 2. The third-order valence-corrected chi connectivity index (χ3v) is 8.03. The highest BCUT2D eigenvalue weighted by Crippen LogP contribution is 2.42. The molecule has 1 N–H and O–H groups in total. The molecule has 6 heteroatoms. The lowest BCUT2D eigenvalue weighted by atomic mass is 10.1. The Morgan fingerprint density at radius 2 is 1.90 bits per heavy atom. The van der Waals surface area contributed by atoms with E-state index in [2.05, 4.69) is 11.2 Å². The number of nitrogens with one attached hydrogen (secondary N) is 1. The van der Waals surface area contributed by atoms with Crippen molar-refractivity contribution in [3.8, 4) is 18.1 Å². The van der Waals surface area contributed by atoms with E-state index in [0.717, 1.165) is 5.56 Å². The number of anilines is 1. The third kappa shape index (κ3) is 4.01. The Morgan fingerprint density at radius 1 is 1.17 bits per heavy atom. The maximum Gasteiger partial charge on any atom is 0.246 e. The summed E-state index contributed by atoms with van der Waals surface area (Å²) in [5.41, 5.74) is 1.98. The molecular formula is C23H25NO4S. The Hall–Kier alpha value is -2.78. The van der Waals surface area contributed by atoms with Crippen molar-refractivity contribution in [2.24, 2.45) is 0 Å². The molecule has 0 aromatic heterocycles. The summed E-state index contributed by atoms with van der Waals surface area (Å²) < 4.78 is 31.2. The van der Waals surface area contributed by atoms with Crippen LogP contribution in [0.1, 0.15) is 36.8 Å². The number of hydrogen-bond acceptors (Lipinski definition) is 4. The topological polar surface area (TPSA) is 72.5 Å². The van der Waals surface area contributed by atoms with E-state index in [-0.39, 0.29) is 11.5 Å². The first-order valence-corrected chi connectivity index (χ1v) is 11.1. The van der Waals surface area contributed by atoms with E-state index in [0.29, 0.717) is 42.7 Å². The molecule has 0 atom stereocenters. The van der Waals surface area contributed by atoms with Crippen molar-refractivity contribution in [3.05, 3.63) is 53.6 Å². The lowest BCUT2D eigenvalue weighted by Crippen LogP contribution is -2.47. The van der Waals surface area contributed by atoms with Crippen LogP contribution in [0, 0.1) is 26.2 Å². The van der Waals surface area contributed by atoms with E-state index in [4.69, 9.17) is 11.2 Å². The fourth-order valence-corrected chi connectivity index (χ4v) is 6.18. The van der Waals surface area contributed by atoms with E-state index in [9.17, 15) is 13.2 Å². The molecule has 1 amide bonds. The van der Waals surface area contributed by atoms with Crippen LogP contribution in [0.2, 0.25) is 0 Å². The largest absolute Gasteiger partial charge is 0.481 e. The number of carbonyl (C=O) groups is 1. The quantitative estimate of drug-likeness (QED) is 0.728. The molecule has 0 bridgehead atoms. The van der Waals surface area contributed by atoms with E-state index in [1.807, 2.05) is 13.0 Å². The average Bonchev–Trinajstić information content (AvgIpc) is 3.20. The second-order valence-electron chi connectivity index (χ2n) is 7.45. The van der Waals surface area contributed by atoms with Gasteiger partial charge in [-0.25, -0.2) is 8.42 Å². The van der Waals surface area contributed by atoms with Gasteiger partial charge in [-0.2, -0.15) is 0 Å². The summed E-state index contributed by atoms with van der Waals surface area (Å²) in [7, 11) is -3.87. The number of terminal acetylenes is 1. The molecule has 3 rings (SSSR count). The summed E-state index contributed by atoms with van der Waals surface area (Å²) in [6.07, 6.45) is 7.22. The van der Waals surface area contributed by atoms with E-state index in [1.54, 1.807) is 43.3 Å². The molecule has 29 heavy (non-hydrogen) atoms. The zero-order valence-electron chi connectivity index (χ0n) is 16.7. The van der Waals surface area contributed by atoms with E-state index in [1.165, 1.54) is 0 Å². The summed E-state index contributed by atoms with van der Waals surface area (Å²) in [6.45, 7) is 3.73. The second kappa shape index (κ2) is 8.30. The Morgan fingerprint density at radius 3 is 2.59 bits per heavy atom. The average molecular weight is 412 g/mol. The highest BCUT2D eigenvalue weighted by Gasteiger charge is 2.53. The van der Waals surface area contributed by atoms with Gasteiger partial charge in [-0.3, -0.25) is 4.79 Å². The van der Waals surface area contributed by atoms with Crippen LogP contribution in [0.15, 0.2) is 47.4 Å². The Kier molecular flexibility index (Phi) is 5.99. The molecule has 0 spiro atoms. The number of carbonyl (C=O) groups excluding carboxylic acids is 1. The van der Waals surface area contributed by atoms with Gasteiger partial charge >= 0.3 is 0 Å². The van der Waals surface area contributed by atoms with Gasteiger partial charge in [0.15, 0.2) is 14.6 Å². The summed E-state index contributed by atoms with van der Waals surface area (Å²) >= 11 is 0. The Labute approximate surface area is 172 Å². The summed E-state index contributed by atoms with van der Waals surface area (Å²) in [5, 5.41) is 2.80. The minimum absolute atomic E-state index is 0.113. The van der Waals surface area contributed by atoms with Gasteiger partial charge in [-0.15, -0.1) is 6.42 Å². The fraction of sp³-hybridized carbons (Fsp3) is 0.348. The number of sulfone groups is 1. The van der Waals surface area contributed by atoms with Crippen LogP contribution in [0.25, 0.3) is 0 Å². The molecule has 1 fully saturated rings. The number of rotatable bonds is 6. The van der Waals surface area contributed by atoms with Gasteiger partial charge in [-0.1, -0.05) is 37.0 Å². The molecule has 1 aliphatic carbocycles. The van der Waals surface area contributed by atoms with Gasteiger partial charge < -0.3 is 10.1 Å². The van der Waals surface area contributed by atoms with Crippen LogP contribution in [0.4, 0.5) is 5.69 Å². The highest BCUT2D eigenvalue weighted by atomic mass is 32.2. The first-order chi connectivity index (χ1) is 13.8. The van der Waals surface area contributed by atoms with Crippen molar-refractivity contribution in [3.63, 3.8) is 0 Å². The second-order valence-corrected chi connectivity index (χ2v) is 9.68. The zero-order chi connectivity index (χ0) is 21.1. The monoisotopic (exact) mass is 411 g/mol. The van der Waals surface area contributed by atoms with Crippen molar-refractivity contribution < 1.29 is 17.9 Å². The van der Waals surface area contributed by atoms with Crippen LogP contribution in [-0.2, 0) is 14.6 Å². The van der Waals surface area contributed by atoms with Gasteiger partial charge in [0, 0.05) is 11.8 Å². The molecule has 0 saturated heterocycles. The highest BCUT2D eigenvalue weighted by molar-refractivity contribution is 7.93. The minimum atomic E-state index is -3.87. The van der Waals surface area contributed by atoms with Crippen molar-refractivity contribution in [1.82, 2.24) is 0 Å². The van der Waals surface area contributed by atoms with Gasteiger partial charge in [0.1, 0.15) is 12.4 Å². The summed E-state index contributed by atoms with van der Waals surface area (Å²) in [4.78, 5) is 13.6. The molecule has 1 aliphatic rings.